The molecule has 2 rings (SSSR count). The highest BCUT2D eigenvalue weighted by Crippen LogP contribution is 2.18. The van der Waals surface area contributed by atoms with Gasteiger partial charge in [-0.3, -0.25) is 4.99 Å². The summed E-state index contributed by atoms with van der Waals surface area (Å²) < 4.78 is 0. The maximum Gasteiger partial charge on any atom is 0.199 e. The molecular formula is C14H21IN4. The van der Waals surface area contributed by atoms with Gasteiger partial charge in [0, 0.05) is 26.8 Å². The van der Waals surface area contributed by atoms with Crippen LogP contribution in [0.1, 0.15) is 6.92 Å². The molecule has 1 N–H and O–H groups in total. The Hall–Kier alpha value is -1.24. The molecule has 0 saturated carbocycles. The van der Waals surface area contributed by atoms with E-state index in [1.165, 1.54) is 0 Å². The molecule has 1 unspecified atom stereocenters. The molecule has 0 spiro atoms. The maximum absolute atomic E-state index is 4.27. The number of rotatable bonds is 2. The number of halogens is 1. The lowest BCUT2D eigenvalue weighted by Crippen LogP contribution is -2.50. The van der Waals surface area contributed by atoms with E-state index in [1.807, 2.05) is 25.2 Å². The second-order valence-corrected chi connectivity index (χ2v) is 4.47. The first-order chi connectivity index (χ1) is 8.63. The Labute approximate surface area is 132 Å². The molecule has 0 amide bonds. The molecule has 19 heavy (non-hydrogen) atoms. The molecule has 0 fully saturated rings. The molecule has 1 atom stereocenters. The fourth-order valence-electron chi connectivity index (χ4n) is 1.98. The molecule has 0 aromatic heterocycles. The van der Waals surface area contributed by atoms with Gasteiger partial charge in [0.25, 0.3) is 0 Å². The van der Waals surface area contributed by atoms with Crippen molar-refractivity contribution in [2.24, 2.45) is 4.99 Å². The molecule has 4 nitrogen and oxygen atoms in total. The van der Waals surface area contributed by atoms with E-state index in [1.54, 1.807) is 7.05 Å². The summed E-state index contributed by atoms with van der Waals surface area (Å²) in [5.41, 5.74) is 1.16. The zero-order valence-electron chi connectivity index (χ0n) is 11.8. The van der Waals surface area contributed by atoms with Crippen molar-refractivity contribution in [2.75, 3.05) is 26.0 Å². The quantitative estimate of drug-likeness (QED) is 0.810. The van der Waals surface area contributed by atoms with Crippen LogP contribution in [0.3, 0.4) is 0 Å². The first-order valence-electron chi connectivity index (χ1n) is 6.10. The van der Waals surface area contributed by atoms with Gasteiger partial charge in [0.15, 0.2) is 5.96 Å². The highest BCUT2D eigenvalue weighted by molar-refractivity contribution is 14.0. The minimum absolute atomic E-state index is 0. The molecule has 1 aromatic rings. The number of likely N-dealkylation sites (N-methyl/N-ethyl adjacent to an activating group) is 1. The summed E-state index contributed by atoms with van der Waals surface area (Å²) in [6, 6.07) is 10.6. The van der Waals surface area contributed by atoms with Crippen molar-refractivity contribution in [1.29, 1.82) is 0 Å². The third-order valence-corrected chi connectivity index (χ3v) is 3.30. The maximum atomic E-state index is 4.27. The van der Waals surface area contributed by atoms with E-state index in [0.717, 1.165) is 17.5 Å². The molecule has 0 saturated heterocycles. The van der Waals surface area contributed by atoms with E-state index in [-0.39, 0.29) is 24.0 Å². The van der Waals surface area contributed by atoms with Gasteiger partial charge in [-0.15, -0.1) is 24.0 Å². The Morgan fingerprint density at radius 3 is 2.47 bits per heavy atom. The van der Waals surface area contributed by atoms with E-state index < -0.39 is 0 Å². The molecular weight excluding hydrogens is 351 g/mol. The van der Waals surface area contributed by atoms with Gasteiger partial charge in [-0.1, -0.05) is 18.2 Å². The van der Waals surface area contributed by atoms with Gasteiger partial charge < -0.3 is 15.1 Å². The van der Waals surface area contributed by atoms with Crippen LogP contribution in [0, 0.1) is 0 Å². The van der Waals surface area contributed by atoms with Crippen molar-refractivity contribution >= 4 is 35.6 Å². The van der Waals surface area contributed by atoms with E-state index in [0.29, 0.717) is 6.04 Å². The van der Waals surface area contributed by atoms with Crippen molar-refractivity contribution in [3.05, 3.63) is 42.2 Å². The smallest absolute Gasteiger partial charge is 0.199 e. The monoisotopic (exact) mass is 372 g/mol. The molecule has 104 valence electrons. The minimum atomic E-state index is 0. The lowest BCUT2D eigenvalue weighted by atomic mass is 10.2. The van der Waals surface area contributed by atoms with Crippen molar-refractivity contribution in [3.8, 4) is 0 Å². The Morgan fingerprint density at radius 1 is 1.26 bits per heavy atom. The zero-order valence-corrected chi connectivity index (χ0v) is 14.1. The Balaban J connectivity index is 0.00000180. The van der Waals surface area contributed by atoms with Gasteiger partial charge in [0.2, 0.25) is 0 Å². The van der Waals surface area contributed by atoms with Crippen LogP contribution in [0.2, 0.25) is 0 Å². The highest BCUT2D eigenvalue weighted by Gasteiger charge is 2.21. The second-order valence-electron chi connectivity index (χ2n) is 4.47. The number of nitrogens with zero attached hydrogens (tertiary/aromatic N) is 3. The summed E-state index contributed by atoms with van der Waals surface area (Å²) in [4.78, 5) is 8.52. The van der Waals surface area contributed by atoms with Crippen molar-refractivity contribution in [3.63, 3.8) is 0 Å². The molecule has 5 heteroatoms. The number of aliphatic imine (C=N–C) groups is 1. The Bertz CT molecular complexity index is 470. The number of benzene rings is 1. The number of guanidine groups is 1. The van der Waals surface area contributed by atoms with Gasteiger partial charge in [-0.2, -0.15) is 0 Å². The van der Waals surface area contributed by atoms with Gasteiger partial charge in [-0.05, 0) is 25.1 Å². The fraction of sp³-hybridized carbons (Fsp3) is 0.357. The predicted molar refractivity (Wildman–Crippen MR) is 92.1 cm³/mol. The zero-order chi connectivity index (χ0) is 13.1. The number of para-hydroxylation sites is 1. The second kappa shape index (κ2) is 6.79. The van der Waals surface area contributed by atoms with Crippen LogP contribution in [0.25, 0.3) is 0 Å². The van der Waals surface area contributed by atoms with Crippen LogP contribution in [0.15, 0.2) is 47.2 Å². The lowest BCUT2D eigenvalue weighted by molar-refractivity contribution is 0.421. The SMILES string of the molecule is CN=C1NC(N(C)c2ccccc2)=CC(C)N1C.I. The van der Waals surface area contributed by atoms with Crippen molar-refractivity contribution in [1.82, 2.24) is 10.2 Å². The fourth-order valence-corrected chi connectivity index (χ4v) is 1.98. The molecule has 0 bridgehead atoms. The van der Waals surface area contributed by atoms with Gasteiger partial charge in [-0.25, -0.2) is 0 Å². The molecule has 1 aliphatic heterocycles. The molecule has 1 aromatic carbocycles. The van der Waals surface area contributed by atoms with Crippen LogP contribution in [0.5, 0.6) is 0 Å². The van der Waals surface area contributed by atoms with Gasteiger partial charge >= 0.3 is 0 Å². The van der Waals surface area contributed by atoms with E-state index >= 15 is 0 Å². The summed E-state index contributed by atoms with van der Waals surface area (Å²) >= 11 is 0. The Morgan fingerprint density at radius 2 is 1.89 bits per heavy atom. The van der Waals surface area contributed by atoms with Crippen molar-refractivity contribution < 1.29 is 0 Å². The van der Waals surface area contributed by atoms with Crippen LogP contribution in [-0.4, -0.2) is 38.0 Å². The van der Waals surface area contributed by atoms with Crippen LogP contribution < -0.4 is 10.2 Å². The topological polar surface area (TPSA) is 30.9 Å². The number of nitrogens with one attached hydrogen (secondary N) is 1. The lowest BCUT2D eigenvalue weighted by Gasteiger charge is -2.35. The van der Waals surface area contributed by atoms with Gasteiger partial charge in [0.05, 0.1) is 6.04 Å². The standard InChI is InChI=1S/C14H20N4.HI/c1-11-10-13(16-14(15-2)17(11)3)18(4)12-8-6-5-7-9-12;/h5-11H,1-4H3,(H,15,16);1H. The average Bonchev–Trinajstić information content (AvgIpc) is 2.42. The number of hydrogen-bond donors (Lipinski definition) is 1. The Kier molecular flexibility index (Phi) is 5.65. The van der Waals surface area contributed by atoms with E-state index in [4.69, 9.17) is 0 Å². The van der Waals surface area contributed by atoms with E-state index in [9.17, 15) is 0 Å². The molecule has 1 heterocycles. The summed E-state index contributed by atoms with van der Waals surface area (Å²) in [6.07, 6.45) is 2.20. The molecule has 0 radical (unpaired) electrons. The number of hydrogen-bond acceptors (Lipinski definition) is 2. The highest BCUT2D eigenvalue weighted by atomic mass is 127. The summed E-state index contributed by atoms with van der Waals surface area (Å²) in [6.45, 7) is 2.16. The van der Waals surface area contributed by atoms with Crippen LogP contribution in [0.4, 0.5) is 5.69 Å². The number of anilines is 1. The van der Waals surface area contributed by atoms with Crippen molar-refractivity contribution in [2.45, 2.75) is 13.0 Å². The largest absolute Gasteiger partial charge is 0.339 e. The predicted octanol–water partition coefficient (Wildman–Crippen LogP) is 2.49. The normalized spacial score (nSPS) is 20.4. The van der Waals surface area contributed by atoms with E-state index in [2.05, 4.69) is 52.3 Å². The molecule has 0 aliphatic carbocycles. The summed E-state index contributed by atoms with van der Waals surface area (Å²) in [5, 5.41) is 3.34. The first kappa shape index (κ1) is 15.8. The third-order valence-electron chi connectivity index (χ3n) is 3.30. The average molecular weight is 372 g/mol. The van der Waals surface area contributed by atoms with Crippen LogP contribution in [-0.2, 0) is 0 Å². The summed E-state index contributed by atoms with van der Waals surface area (Å²) in [7, 11) is 5.90. The van der Waals surface area contributed by atoms with Crippen LogP contribution >= 0.6 is 24.0 Å². The first-order valence-corrected chi connectivity index (χ1v) is 6.10. The third kappa shape index (κ3) is 3.40. The molecule has 1 aliphatic rings. The van der Waals surface area contributed by atoms with Gasteiger partial charge in [0.1, 0.15) is 5.82 Å². The minimum Gasteiger partial charge on any atom is -0.339 e. The summed E-state index contributed by atoms with van der Waals surface area (Å²) in [5.74, 6) is 1.95.